The quantitative estimate of drug-likeness (QED) is 0.871. The van der Waals surface area contributed by atoms with E-state index in [0.717, 1.165) is 11.1 Å². The molecule has 3 rings (SSSR count). The highest BCUT2D eigenvalue weighted by Crippen LogP contribution is 2.32. The minimum absolute atomic E-state index is 0.114. The Bertz CT molecular complexity index is 909. The van der Waals surface area contributed by atoms with Gasteiger partial charge in [-0.15, -0.1) is 10.2 Å². The van der Waals surface area contributed by atoms with E-state index in [-0.39, 0.29) is 11.6 Å². The number of aromatic hydroxyl groups is 1. The number of hydrogen-bond acceptors (Lipinski definition) is 6. The lowest BCUT2D eigenvalue weighted by atomic mass is 9.99. The van der Waals surface area contributed by atoms with Gasteiger partial charge in [-0.25, -0.2) is 8.42 Å². The van der Waals surface area contributed by atoms with E-state index in [0.29, 0.717) is 30.8 Å². The second-order valence-corrected chi connectivity index (χ2v) is 7.63. The summed E-state index contributed by atoms with van der Waals surface area (Å²) in [6.45, 7) is 0.709. The number of para-hydroxylation sites is 1. The third kappa shape index (κ3) is 3.24. The second-order valence-electron chi connectivity index (χ2n) is 5.65. The van der Waals surface area contributed by atoms with Gasteiger partial charge in [0.1, 0.15) is 5.75 Å². The molecule has 2 heterocycles. The molecule has 3 N–H and O–H groups in total. The van der Waals surface area contributed by atoms with Crippen molar-refractivity contribution < 1.29 is 13.5 Å². The first-order valence-corrected chi connectivity index (χ1v) is 9.27. The van der Waals surface area contributed by atoms with Crippen LogP contribution in [0.1, 0.15) is 12.0 Å². The second kappa shape index (κ2) is 6.21. The van der Waals surface area contributed by atoms with Crippen LogP contribution >= 0.6 is 0 Å². The molecule has 1 aliphatic rings. The molecule has 8 heteroatoms. The number of nitrogens with two attached hydrogens (primary N) is 1. The van der Waals surface area contributed by atoms with Gasteiger partial charge in [0.25, 0.3) is 0 Å². The van der Waals surface area contributed by atoms with E-state index in [1.807, 2.05) is 6.08 Å². The van der Waals surface area contributed by atoms with Gasteiger partial charge < -0.3 is 10.8 Å². The molecule has 0 aliphatic carbocycles. The van der Waals surface area contributed by atoms with E-state index in [4.69, 9.17) is 5.73 Å². The lowest BCUT2D eigenvalue weighted by Gasteiger charge is -2.24. The molecule has 24 heavy (non-hydrogen) atoms. The number of hydrogen-bond donors (Lipinski definition) is 2. The third-order valence-corrected chi connectivity index (χ3v) is 5.26. The van der Waals surface area contributed by atoms with Gasteiger partial charge in [-0.3, -0.25) is 0 Å². The van der Waals surface area contributed by atoms with Crippen LogP contribution in [0, 0.1) is 0 Å². The van der Waals surface area contributed by atoms with Crippen molar-refractivity contribution in [3.05, 3.63) is 42.0 Å². The zero-order chi connectivity index (χ0) is 17.3. The van der Waals surface area contributed by atoms with E-state index in [2.05, 4.69) is 10.2 Å². The molecule has 1 aromatic carbocycles. The molecule has 0 atom stereocenters. The van der Waals surface area contributed by atoms with Crippen LogP contribution in [0.2, 0.25) is 0 Å². The monoisotopic (exact) mass is 346 g/mol. The van der Waals surface area contributed by atoms with E-state index < -0.39 is 10.0 Å². The average molecular weight is 346 g/mol. The van der Waals surface area contributed by atoms with Crippen molar-refractivity contribution in [1.29, 1.82) is 0 Å². The molecule has 0 saturated carbocycles. The van der Waals surface area contributed by atoms with Gasteiger partial charge in [0.05, 0.1) is 11.9 Å². The molecular weight excluding hydrogens is 328 g/mol. The topological polar surface area (TPSA) is 109 Å². The van der Waals surface area contributed by atoms with E-state index in [1.54, 1.807) is 30.3 Å². The predicted molar refractivity (Wildman–Crippen MR) is 92.6 cm³/mol. The summed E-state index contributed by atoms with van der Waals surface area (Å²) in [4.78, 5) is 0. The maximum absolute atomic E-state index is 11.6. The van der Waals surface area contributed by atoms with Crippen molar-refractivity contribution >= 4 is 21.4 Å². The molecule has 0 radical (unpaired) electrons. The molecule has 1 aliphatic heterocycles. The molecule has 7 nitrogen and oxygen atoms in total. The molecule has 0 unspecified atom stereocenters. The Kier molecular flexibility index (Phi) is 4.25. The number of rotatable bonds is 3. The molecular formula is C16H18N4O3S. The first kappa shape index (κ1) is 16.4. The smallest absolute Gasteiger partial charge is 0.211 e. The van der Waals surface area contributed by atoms with Gasteiger partial charge in [-0.1, -0.05) is 18.2 Å². The highest BCUT2D eigenvalue weighted by atomic mass is 32.2. The number of sulfonamides is 1. The van der Waals surface area contributed by atoms with Crippen molar-refractivity contribution in [3.63, 3.8) is 0 Å². The molecule has 0 fully saturated rings. The van der Waals surface area contributed by atoms with E-state index in [1.165, 1.54) is 10.6 Å². The molecule has 0 amide bonds. The van der Waals surface area contributed by atoms with Gasteiger partial charge in [0.2, 0.25) is 10.0 Å². The van der Waals surface area contributed by atoms with Crippen LogP contribution < -0.4 is 5.73 Å². The lowest BCUT2D eigenvalue weighted by Crippen LogP contribution is -2.33. The van der Waals surface area contributed by atoms with Crippen LogP contribution in [0.5, 0.6) is 5.75 Å². The Labute approximate surface area is 140 Å². The van der Waals surface area contributed by atoms with E-state index in [9.17, 15) is 13.5 Å². The normalized spacial score (nSPS) is 16.0. The van der Waals surface area contributed by atoms with Crippen LogP contribution in [-0.4, -0.2) is 47.4 Å². The fourth-order valence-electron chi connectivity index (χ4n) is 2.68. The lowest BCUT2D eigenvalue weighted by molar-refractivity contribution is 0.446. The largest absolute Gasteiger partial charge is 0.507 e. The number of nitrogens with zero attached hydrogens (tertiary/aromatic N) is 3. The van der Waals surface area contributed by atoms with Crippen molar-refractivity contribution in [3.8, 4) is 17.0 Å². The van der Waals surface area contributed by atoms with Crippen molar-refractivity contribution in [2.45, 2.75) is 6.42 Å². The molecule has 0 spiro atoms. The highest BCUT2D eigenvalue weighted by molar-refractivity contribution is 7.88. The van der Waals surface area contributed by atoms with Crippen LogP contribution in [0.3, 0.4) is 0 Å². The fraction of sp³-hybridized carbons (Fsp3) is 0.250. The average Bonchev–Trinajstić information content (AvgIpc) is 2.55. The number of phenols is 1. The summed E-state index contributed by atoms with van der Waals surface area (Å²) in [5.41, 5.74) is 8.68. The van der Waals surface area contributed by atoms with Gasteiger partial charge in [0.15, 0.2) is 5.82 Å². The SMILES string of the molecule is CS(=O)(=O)N1CC=C(c2cc(-c3ccccc3O)nnc2N)CC1. The van der Waals surface area contributed by atoms with E-state index >= 15 is 0 Å². The Morgan fingerprint density at radius 3 is 2.58 bits per heavy atom. The Hall–Kier alpha value is -2.45. The summed E-state index contributed by atoms with van der Waals surface area (Å²) in [6.07, 6.45) is 3.58. The van der Waals surface area contributed by atoms with Crippen molar-refractivity contribution in [1.82, 2.24) is 14.5 Å². The maximum atomic E-state index is 11.6. The maximum Gasteiger partial charge on any atom is 0.211 e. The number of phenolic OH excluding ortho intramolecular Hbond substituents is 1. The van der Waals surface area contributed by atoms with Gasteiger partial charge in [-0.05, 0) is 30.2 Å². The van der Waals surface area contributed by atoms with Crippen LogP contribution in [0.25, 0.3) is 16.8 Å². The molecule has 0 saturated heterocycles. The first-order valence-electron chi connectivity index (χ1n) is 7.42. The fourth-order valence-corrected chi connectivity index (χ4v) is 3.44. The summed E-state index contributed by atoms with van der Waals surface area (Å²) >= 11 is 0. The van der Waals surface area contributed by atoms with Crippen LogP contribution in [-0.2, 0) is 10.0 Å². The standard InChI is InChI=1S/C16H18N4O3S/c1-24(22,23)20-8-6-11(7-9-20)13-10-14(18-19-16(13)17)12-4-2-3-5-15(12)21/h2-6,10,21H,7-9H2,1H3,(H2,17,19). The third-order valence-electron chi connectivity index (χ3n) is 3.99. The summed E-state index contributed by atoms with van der Waals surface area (Å²) in [7, 11) is -3.20. The number of nitrogen functional groups attached to an aromatic ring is 1. The zero-order valence-corrected chi connectivity index (χ0v) is 14.0. The Balaban J connectivity index is 1.97. The predicted octanol–water partition coefficient (Wildman–Crippen LogP) is 1.48. The molecule has 126 valence electrons. The summed E-state index contributed by atoms with van der Waals surface area (Å²) in [5, 5.41) is 18.0. The van der Waals surface area contributed by atoms with Crippen LogP contribution in [0.15, 0.2) is 36.4 Å². The van der Waals surface area contributed by atoms with Gasteiger partial charge in [-0.2, -0.15) is 4.31 Å². The Morgan fingerprint density at radius 2 is 1.96 bits per heavy atom. The molecule has 0 bridgehead atoms. The zero-order valence-electron chi connectivity index (χ0n) is 13.2. The van der Waals surface area contributed by atoms with Gasteiger partial charge >= 0.3 is 0 Å². The van der Waals surface area contributed by atoms with Crippen molar-refractivity contribution in [2.75, 3.05) is 25.1 Å². The first-order chi connectivity index (χ1) is 11.4. The number of benzene rings is 1. The summed E-state index contributed by atoms with van der Waals surface area (Å²) in [5.74, 6) is 0.400. The highest BCUT2D eigenvalue weighted by Gasteiger charge is 2.22. The molecule has 1 aromatic heterocycles. The minimum atomic E-state index is -3.20. The molecule has 2 aromatic rings. The Morgan fingerprint density at radius 1 is 1.21 bits per heavy atom. The van der Waals surface area contributed by atoms with Crippen LogP contribution in [0.4, 0.5) is 5.82 Å². The van der Waals surface area contributed by atoms with Gasteiger partial charge in [0, 0.05) is 24.2 Å². The number of aromatic nitrogens is 2. The van der Waals surface area contributed by atoms with Crippen molar-refractivity contribution in [2.24, 2.45) is 0 Å². The minimum Gasteiger partial charge on any atom is -0.507 e. The summed E-state index contributed by atoms with van der Waals surface area (Å²) in [6, 6.07) is 8.64. The summed E-state index contributed by atoms with van der Waals surface area (Å²) < 4.78 is 24.6. The number of anilines is 1.